The normalized spacial score (nSPS) is 22.7. The van der Waals surface area contributed by atoms with Gasteiger partial charge in [-0.25, -0.2) is 14.3 Å². The van der Waals surface area contributed by atoms with Gasteiger partial charge in [0.05, 0.1) is 29.6 Å². The molecule has 0 aromatic heterocycles. The molecule has 7 nitrogen and oxygen atoms in total. The van der Waals surface area contributed by atoms with Crippen LogP contribution in [0.15, 0.2) is 34.7 Å². The van der Waals surface area contributed by atoms with E-state index in [2.05, 4.69) is 22.6 Å². The van der Waals surface area contributed by atoms with Crippen LogP contribution < -0.4 is 5.84 Å². The van der Waals surface area contributed by atoms with E-state index in [0.29, 0.717) is 60.5 Å². The van der Waals surface area contributed by atoms with Gasteiger partial charge in [-0.1, -0.05) is 60.1 Å². The highest BCUT2D eigenvalue weighted by atomic mass is 127. The predicted octanol–water partition coefficient (Wildman–Crippen LogP) is 2.60. The van der Waals surface area contributed by atoms with Crippen molar-refractivity contribution < 1.29 is 17.9 Å². The maximum absolute atomic E-state index is 13.3. The summed E-state index contributed by atoms with van der Waals surface area (Å²) < 4.78 is 31.0. The Morgan fingerprint density at radius 3 is 2.58 bits per heavy atom. The Bertz CT molecular complexity index is 953. The van der Waals surface area contributed by atoms with Gasteiger partial charge < -0.3 is 14.6 Å². The molecule has 1 saturated heterocycles. The average Bonchev–Trinajstić information content (AvgIpc) is 2.79. The minimum atomic E-state index is -3.54. The summed E-state index contributed by atoms with van der Waals surface area (Å²) in [5, 5.41) is 1.72. The topological polar surface area (TPSA) is 92.9 Å². The van der Waals surface area contributed by atoms with E-state index in [0.717, 1.165) is 12.8 Å². The highest BCUT2D eigenvalue weighted by Gasteiger charge is 2.38. The third-order valence-corrected chi connectivity index (χ3v) is 9.44. The second-order valence-electron chi connectivity index (χ2n) is 8.59. The number of carbonyl (C=O) groups excluding carboxylic acids is 1. The van der Waals surface area contributed by atoms with Crippen molar-refractivity contribution in [1.82, 2.24) is 9.91 Å². The zero-order valence-corrected chi connectivity index (χ0v) is 20.6. The van der Waals surface area contributed by atoms with Gasteiger partial charge >= 0.3 is 0 Å². The van der Waals surface area contributed by atoms with Gasteiger partial charge in [0.1, 0.15) is 3.92 Å². The molecule has 1 aliphatic carbocycles. The number of ether oxygens (including phenoxy) is 1. The van der Waals surface area contributed by atoms with E-state index in [4.69, 9.17) is 10.6 Å². The molecule has 0 spiro atoms. The van der Waals surface area contributed by atoms with Crippen molar-refractivity contribution in [1.29, 1.82) is 0 Å². The van der Waals surface area contributed by atoms with Crippen molar-refractivity contribution in [2.75, 3.05) is 38.6 Å². The molecule has 3 aliphatic rings. The zero-order chi connectivity index (χ0) is 22.0. The summed E-state index contributed by atoms with van der Waals surface area (Å²) in [6.07, 6.45) is 5.95. The van der Waals surface area contributed by atoms with Crippen LogP contribution in [0.5, 0.6) is 0 Å². The number of halogens is 1. The van der Waals surface area contributed by atoms with Gasteiger partial charge in [-0.3, -0.25) is 4.79 Å². The van der Waals surface area contributed by atoms with Crippen molar-refractivity contribution in [3.8, 4) is 0 Å². The molecule has 2 heterocycles. The van der Waals surface area contributed by atoms with Crippen LogP contribution in [-0.2, 0) is 19.4 Å². The Morgan fingerprint density at radius 2 is 1.87 bits per heavy atom. The smallest absolute Gasteiger partial charge is 0.239 e. The summed E-state index contributed by atoms with van der Waals surface area (Å²) in [4.78, 5) is 15.3. The minimum absolute atomic E-state index is 0.0722. The summed E-state index contributed by atoms with van der Waals surface area (Å²) >= 11 is 2.09. The molecular weight excluding hydrogens is 529 g/mol. The van der Waals surface area contributed by atoms with Gasteiger partial charge in [0.25, 0.3) is 0 Å². The van der Waals surface area contributed by atoms with E-state index >= 15 is 0 Å². The van der Waals surface area contributed by atoms with Crippen molar-refractivity contribution in [2.45, 2.75) is 40.9 Å². The SMILES string of the molecule is NN(CC1CCCCC1)C1=C(C(I)C(=O)N2CCOCC2)CS(=O)(=O)c2ccccc21. The van der Waals surface area contributed by atoms with Crippen LogP contribution in [0.25, 0.3) is 5.70 Å². The standard InChI is InChI=1S/C22H30IN3O4S/c23-20(22(27)25-10-12-30-13-11-25)18-15-31(28,29)19-9-5-4-8-17(19)21(18)26(24)14-16-6-2-1-3-7-16/h4-5,8-9,16,20H,1-3,6-7,10-15,24H2. The Labute approximate surface area is 198 Å². The van der Waals surface area contributed by atoms with Gasteiger partial charge in [-0.05, 0) is 30.4 Å². The fourth-order valence-corrected chi connectivity index (χ4v) is 7.68. The van der Waals surface area contributed by atoms with Crippen molar-refractivity contribution in [3.05, 3.63) is 35.4 Å². The highest BCUT2D eigenvalue weighted by Crippen LogP contribution is 2.39. The van der Waals surface area contributed by atoms with Gasteiger partial charge in [0.2, 0.25) is 5.91 Å². The molecule has 1 aromatic carbocycles. The number of hydrogen-bond donors (Lipinski definition) is 1. The van der Waals surface area contributed by atoms with E-state index in [1.165, 1.54) is 19.3 Å². The molecule has 1 saturated carbocycles. The van der Waals surface area contributed by atoms with Gasteiger partial charge in [-0.2, -0.15) is 0 Å². The molecule has 0 radical (unpaired) electrons. The number of fused-ring (bicyclic) bond motifs is 1. The zero-order valence-electron chi connectivity index (χ0n) is 17.6. The monoisotopic (exact) mass is 559 g/mol. The second kappa shape index (κ2) is 9.76. The fourth-order valence-electron chi connectivity index (χ4n) is 4.82. The Kier molecular flexibility index (Phi) is 7.24. The second-order valence-corrected chi connectivity index (χ2v) is 11.8. The molecule has 1 amide bonds. The van der Waals surface area contributed by atoms with Gasteiger partial charge in [-0.15, -0.1) is 0 Å². The van der Waals surface area contributed by atoms with E-state index in [9.17, 15) is 13.2 Å². The molecule has 4 rings (SSSR count). The predicted molar refractivity (Wildman–Crippen MR) is 128 cm³/mol. The summed E-state index contributed by atoms with van der Waals surface area (Å²) in [6.45, 7) is 2.74. The fraction of sp³-hybridized carbons (Fsp3) is 0.591. The number of rotatable bonds is 5. The minimum Gasteiger partial charge on any atom is -0.378 e. The number of benzene rings is 1. The summed E-state index contributed by atoms with van der Waals surface area (Å²) in [7, 11) is -3.54. The van der Waals surface area contributed by atoms with Crippen LogP contribution in [0.1, 0.15) is 37.7 Å². The molecule has 1 unspecified atom stereocenters. The molecule has 1 atom stereocenters. The summed E-state index contributed by atoms with van der Waals surface area (Å²) in [6, 6.07) is 7.02. The molecular formula is C22H30IN3O4S. The molecule has 31 heavy (non-hydrogen) atoms. The third kappa shape index (κ3) is 4.94. The lowest BCUT2D eigenvalue weighted by atomic mass is 9.89. The largest absolute Gasteiger partial charge is 0.378 e. The molecule has 1 aromatic rings. The maximum atomic E-state index is 13.3. The lowest BCUT2D eigenvalue weighted by Gasteiger charge is -2.36. The number of nitrogens with zero attached hydrogens (tertiary/aromatic N) is 2. The van der Waals surface area contributed by atoms with E-state index in [1.54, 1.807) is 22.0 Å². The quantitative estimate of drug-likeness (QED) is 0.258. The number of alkyl halides is 1. The van der Waals surface area contributed by atoms with E-state index < -0.39 is 13.8 Å². The van der Waals surface area contributed by atoms with Crippen LogP contribution in [0.2, 0.25) is 0 Å². The Hall–Kier alpha value is -1.17. The van der Waals surface area contributed by atoms with Crippen LogP contribution >= 0.6 is 22.6 Å². The molecule has 9 heteroatoms. The van der Waals surface area contributed by atoms with Gasteiger partial charge in [0, 0.05) is 25.2 Å². The van der Waals surface area contributed by atoms with E-state index in [-0.39, 0.29) is 11.7 Å². The van der Waals surface area contributed by atoms with Crippen LogP contribution in [0, 0.1) is 5.92 Å². The number of hydrazine groups is 1. The number of carbonyl (C=O) groups is 1. The first-order valence-electron chi connectivity index (χ1n) is 11.0. The van der Waals surface area contributed by atoms with Crippen LogP contribution in [0.3, 0.4) is 0 Å². The number of hydrogen-bond acceptors (Lipinski definition) is 6. The summed E-state index contributed by atoms with van der Waals surface area (Å²) in [5.74, 6) is 6.86. The average molecular weight is 559 g/mol. The van der Waals surface area contributed by atoms with Crippen LogP contribution in [0.4, 0.5) is 0 Å². The first kappa shape index (κ1) is 23.0. The summed E-state index contributed by atoms with van der Waals surface area (Å²) in [5.41, 5.74) is 1.91. The third-order valence-electron chi connectivity index (χ3n) is 6.44. The van der Waals surface area contributed by atoms with Crippen LogP contribution in [-0.4, -0.2) is 66.8 Å². The number of nitrogens with two attached hydrogens (primary N) is 1. The highest BCUT2D eigenvalue weighted by molar-refractivity contribution is 14.1. The molecule has 170 valence electrons. The number of sulfone groups is 1. The van der Waals surface area contributed by atoms with Crippen molar-refractivity contribution >= 4 is 44.0 Å². The first-order valence-corrected chi connectivity index (χ1v) is 13.9. The Morgan fingerprint density at radius 1 is 1.19 bits per heavy atom. The molecule has 0 bridgehead atoms. The lowest BCUT2D eigenvalue weighted by Crippen LogP contribution is -2.46. The van der Waals surface area contributed by atoms with Gasteiger partial charge in [0.15, 0.2) is 9.84 Å². The first-order chi connectivity index (χ1) is 14.9. The number of amides is 1. The molecule has 2 aliphatic heterocycles. The lowest BCUT2D eigenvalue weighted by molar-refractivity contribution is -0.133. The molecule has 2 fully saturated rings. The maximum Gasteiger partial charge on any atom is 0.239 e. The van der Waals surface area contributed by atoms with Crippen molar-refractivity contribution in [3.63, 3.8) is 0 Å². The Balaban J connectivity index is 1.73. The number of morpholine rings is 1. The van der Waals surface area contributed by atoms with E-state index in [1.807, 2.05) is 12.1 Å². The molecule has 2 N–H and O–H groups in total. The van der Waals surface area contributed by atoms with Crippen molar-refractivity contribution in [2.24, 2.45) is 11.8 Å².